The third-order valence-corrected chi connectivity index (χ3v) is 8.48. The summed E-state index contributed by atoms with van der Waals surface area (Å²) in [6.45, 7) is 6.12. The highest BCUT2D eigenvalue weighted by molar-refractivity contribution is 7.07. The fraction of sp³-hybridized carbons (Fsp3) is 0.212. The molecule has 0 aliphatic heterocycles. The first-order valence-electron chi connectivity index (χ1n) is 14.3. The van der Waals surface area contributed by atoms with Crippen molar-refractivity contribution in [1.29, 1.82) is 0 Å². The number of amides is 2. The largest absolute Gasteiger partial charge is 0.573 e. The van der Waals surface area contributed by atoms with E-state index >= 15 is 0 Å². The number of benzene rings is 3. The molecular formula is C33H29F3N6O2S. The van der Waals surface area contributed by atoms with Gasteiger partial charge in [-0.1, -0.05) is 42.5 Å². The fourth-order valence-corrected chi connectivity index (χ4v) is 6.34. The molecule has 0 saturated carbocycles. The highest BCUT2D eigenvalue weighted by Crippen LogP contribution is 2.33. The highest BCUT2D eigenvalue weighted by atomic mass is 32.1. The van der Waals surface area contributed by atoms with E-state index in [1.807, 2.05) is 47.2 Å². The minimum absolute atomic E-state index is 0.310. The van der Waals surface area contributed by atoms with Crippen molar-refractivity contribution in [3.63, 3.8) is 0 Å². The maximum Gasteiger partial charge on any atom is 0.573 e. The van der Waals surface area contributed by atoms with Gasteiger partial charge in [-0.3, -0.25) is 4.57 Å². The molecule has 1 aliphatic carbocycles. The summed E-state index contributed by atoms with van der Waals surface area (Å²) in [5.74, 6) is 0.156. The van der Waals surface area contributed by atoms with Crippen LogP contribution in [-0.4, -0.2) is 31.7 Å². The first kappa shape index (κ1) is 30.1. The molecule has 0 fully saturated rings. The van der Waals surface area contributed by atoms with Gasteiger partial charge in [0.1, 0.15) is 12.1 Å². The van der Waals surface area contributed by atoms with E-state index in [4.69, 9.17) is 0 Å². The van der Waals surface area contributed by atoms with E-state index in [2.05, 4.69) is 51.1 Å². The molecule has 0 spiro atoms. The molecular weight excluding hydrogens is 601 g/mol. The van der Waals surface area contributed by atoms with Gasteiger partial charge in [0.25, 0.3) is 0 Å². The van der Waals surface area contributed by atoms with Crippen molar-refractivity contribution in [2.75, 3.05) is 0 Å². The summed E-state index contributed by atoms with van der Waals surface area (Å²) in [5, 5.41) is 9.52. The Morgan fingerprint density at radius 3 is 2.33 bits per heavy atom. The average Bonchev–Trinajstić information content (AvgIpc) is 3.74. The lowest BCUT2D eigenvalue weighted by Gasteiger charge is -2.13. The third-order valence-electron chi connectivity index (χ3n) is 7.53. The van der Waals surface area contributed by atoms with Gasteiger partial charge in [-0.2, -0.15) is 4.99 Å². The Bertz CT molecular complexity index is 1950. The van der Waals surface area contributed by atoms with Gasteiger partial charge in [-0.05, 0) is 86.6 Å². The van der Waals surface area contributed by atoms with Crippen LogP contribution in [0.4, 0.5) is 18.0 Å². The van der Waals surface area contributed by atoms with Gasteiger partial charge in [0.15, 0.2) is 10.6 Å². The molecule has 0 atom stereocenters. The Kier molecular flexibility index (Phi) is 8.15. The lowest BCUT2D eigenvalue weighted by molar-refractivity contribution is -0.274. The van der Waals surface area contributed by atoms with Crippen molar-refractivity contribution in [3.8, 4) is 28.5 Å². The number of carbonyl (C=O) groups is 1. The number of ether oxygens (including phenoxy) is 1. The Hall–Kier alpha value is -4.97. The van der Waals surface area contributed by atoms with Crippen LogP contribution in [0.2, 0.25) is 0 Å². The molecule has 2 heterocycles. The summed E-state index contributed by atoms with van der Waals surface area (Å²) in [7, 11) is 0. The van der Waals surface area contributed by atoms with Crippen LogP contribution in [-0.2, 0) is 0 Å². The van der Waals surface area contributed by atoms with Gasteiger partial charge in [0, 0.05) is 22.3 Å². The molecule has 12 heteroatoms. The van der Waals surface area contributed by atoms with Crippen LogP contribution < -0.4 is 14.9 Å². The molecule has 2 aromatic heterocycles. The number of rotatable bonds is 6. The summed E-state index contributed by atoms with van der Waals surface area (Å²) >= 11 is 1.43. The second-order valence-corrected chi connectivity index (χ2v) is 11.6. The zero-order valence-corrected chi connectivity index (χ0v) is 25.5. The maximum absolute atomic E-state index is 13.2. The molecule has 0 radical (unpaired) electrons. The number of hydrogen-bond donors (Lipinski definition) is 1. The minimum Gasteiger partial charge on any atom is -0.406 e. The molecule has 230 valence electrons. The smallest absolute Gasteiger partial charge is 0.406 e. The molecule has 0 saturated heterocycles. The van der Waals surface area contributed by atoms with Crippen LogP contribution in [0.25, 0.3) is 28.3 Å². The molecule has 6 rings (SSSR count). The Labute approximate surface area is 261 Å². The lowest BCUT2D eigenvalue weighted by Crippen LogP contribution is -2.24. The number of alkyl halides is 3. The number of aryl methyl sites for hydroxylation is 3. The molecule has 0 bridgehead atoms. The van der Waals surface area contributed by atoms with Gasteiger partial charge in [-0.15, -0.1) is 29.6 Å². The fourth-order valence-electron chi connectivity index (χ4n) is 5.49. The van der Waals surface area contributed by atoms with E-state index in [1.165, 1.54) is 46.6 Å². The van der Waals surface area contributed by atoms with Crippen LogP contribution in [0.3, 0.4) is 0 Å². The van der Waals surface area contributed by atoms with Crippen LogP contribution in [0.15, 0.2) is 89.1 Å². The maximum atomic E-state index is 13.2. The van der Waals surface area contributed by atoms with Crippen LogP contribution in [0.1, 0.15) is 41.6 Å². The number of para-hydroxylation sites is 1. The van der Waals surface area contributed by atoms with Crippen molar-refractivity contribution in [3.05, 3.63) is 111 Å². The van der Waals surface area contributed by atoms with Crippen LogP contribution >= 0.6 is 11.3 Å². The number of urea groups is 1. The van der Waals surface area contributed by atoms with Gasteiger partial charge >= 0.3 is 12.4 Å². The normalized spacial score (nSPS) is 13.9. The van der Waals surface area contributed by atoms with Gasteiger partial charge in [0.05, 0.1) is 11.4 Å². The minimum atomic E-state index is -4.75. The van der Waals surface area contributed by atoms with Crippen molar-refractivity contribution in [1.82, 2.24) is 24.6 Å². The molecule has 0 unspecified atom stereocenters. The molecule has 1 aliphatic rings. The number of allylic oxidation sites excluding steroid dienone is 2. The SMILES string of the molecule is Cc1cccc(C)c1-n1c(C)cs/c1=N\C(=O)NC1=C(c2ccc(-c3ncn(-c4ccc(OC(F)(F)F)cc4)n3)cc2)CCC1. The van der Waals surface area contributed by atoms with Crippen molar-refractivity contribution < 1.29 is 22.7 Å². The summed E-state index contributed by atoms with van der Waals surface area (Å²) in [6, 6.07) is 18.9. The van der Waals surface area contributed by atoms with E-state index in [0.717, 1.165) is 64.2 Å². The Balaban J connectivity index is 1.19. The summed E-state index contributed by atoms with van der Waals surface area (Å²) in [4.78, 5) is 22.6. The standard InChI is InChI=1S/C33H29F3N6O2S/c1-20-6-4-7-21(2)29(20)42-22(3)18-45-32(42)39-31(43)38-28-9-5-8-27(28)23-10-12-24(13-11-23)30-37-19-41(40-30)25-14-16-26(17-15-25)44-33(34,35)36/h4,6-7,10-19H,5,8-9H2,1-3H3,(H,38,43)/b39-32-. The zero-order valence-electron chi connectivity index (χ0n) is 24.7. The van der Waals surface area contributed by atoms with Gasteiger partial charge in [0.2, 0.25) is 0 Å². The number of carbonyl (C=O) groups excluding carboxylic acids is 1. The molecule has 45 heavy (non-hydrogen) atoms. The topological polar surface area (TPSA) is 86.3 Å². The first-order valence-corrected chi connectivity index (χ1v) is 15.1. The van der Waals surface area contributed by atoms with Crippen molar-refractivity contribution >= 4 is 22.9 Å². The Morgan fingerprint density at radius 2 is 1.64 bits per heavy atom. The van der Waals surface area contributed by atoms with E-state index in [-0.39, 0.29) is 5.75 Å². The predicted octanol–water partition coefficient (Wildman–Crippen LogP) is 7.82. The van der Waals surface area contributed by atoms with E-state index in [9.17, 15) is 18.0 Å². The second kappa shape index (κ2) is 12.2. The quantitative estimate of drug-likeness (QED) is 0.207. The van der Waals surface area contributed by atoms with E-state index in [1.54, 1.807) is 0 Å². The van der Waals surface area contributed by atoms with Gasteiger partial charge < -0.3 is 10.1 Å². The van der Waals surface area contributed by atoms with Crippen molar-refractivity contribution in [2.45, 2.75) is 46.4 Å². The zero-order chi connectivity index (χ0) is 31.7. The predicted molar refractivity (Wildman–Crippen MR) is 166 cm³/mol. The monoisotopic (exact) mass is 630 g/mol. The molecule has 5 aromatic rings. The van der Waals surface area contributed by atoms with Crippen LogP contribution in [0, 0.1) is 20.8 Å². The number of aromatic nitrogens is 4. The summed E-state index contributed by atoms with van der Waals surface area (Å²) < 4.78 is 44.8. The summed E-state index contributed by atoms with van der Waals surface area (Å²) in [6.07, 6.45) is -0.753. The summed E-state index contributed by atoms with van der Waals surface area (Å²) in [5.41, 5.74) is 8.50. The van der Waals surface area contributed by atoms with E-state index < -0.39 is 12.4 Å². The first-order chi connectivity index (χ1) is 21.6. The molecule has 3 aromatic carbocycles. The van der Waals surface area contributed by atoms with Crippen LogP contribution in [0.5, 0.6) is 5.75 Å². The number of halogens is 3. The number of thiazole rings is 1. The average molecular weight is 631 g/mol. The van der Waals surface area contributed by atoms with Crippen molar-refractivity contribution in [2.24, 2.45) is 4.99 Å². The van der Waals surface area contributed by atoms with Gasteiger partial charge in [-0.25, -0.2) is 14.5 Å². The van der Waals surface area contributed by atoms with E-state index in [0.29, 0.717) is 16.3 Å². The lowest BCUT2D eigenvalue weighted by atomic mass is 10.0. The number of nitrogens with one attached hydrogen (secondary N) is 1. The second-order valence-electron chi connectivity index (χ2n) is 10.7. The third kappa shape index (κ3) is 6.60. The Morgan fingerprint density at radius 1 is 0.956 bits per heavy atom. The number of nitrogens with zero attached hydrogens (tertiary/aromatic N) is 5. The number of hydrogen-bond acceptors (Lipinski definition) is 5. The highest BCUT2D eigenvalue weighted by Gasteiger charge is 2.31. The molecule has 1 N–H and O–H groups in total. The molecule has 8 nitrogen and oxygen atoms in total. The molecule has 2 amide bonds.